The molecule has 0 atom stereocenters. The number of rotatable bonds is 2. The van der Waals surface area contributed by atoms with Crippen molar-refractivity contribution in [3.63, 3.8) is 0 Å². The maximum atomic E-state index is 4.44. The topological polar surface area (TPSA) is 30.7 Å². The van der Waals surface area contributed by atoms with E-state index in [0.29, 0.717) is 5.95 Å². The Kier molecular flexibility index (Phi) is 2.97. The van der Waals surface area contributed by atoms with E-state index in [9.17, 15) is 0 Å². The molecule has 0 aliphatic carbocycles. The summed E-state index contributed by atoms with van der Waals surface area (Å²) in [7, 11) is 0. The van der Waals surface area contributed by atoms with Crippen LogP contribution in [0.4, 0.5) is 0 Å². The molecule has 2 aromatic heterocycles. The van der Waals surface area contributed by atoms with Gasteiger partial charge in [0.2, 0.25) is 5.95 Å². The van der Waals surface area contributed by atoms with Crippen LogP contribution in [0.2, 0.25) is 0 Å². The SMILES string of the molecule is Cc1cccc2c1cc(-c1ccccc1)n2-c1ncccn1. The van der Waals surface area contributed by atoms with Crippen LogP contribution in [0, 0.1) is 6.92 Å². The lowest BCUT2D eigenvalue weighted by molar-refractivity contribution is 0.967. The van der Waals surface area contributed by atoms with Gasteiger partial charge in [0.1, 0.15) is 0 Å². The molecule has 0 bridgehead atoms. The van der Waals surface area contributed by atoms with E-state index in [1.807, 2.05) is 12.1 Å². The van der Waals surface area contributed by atoms with E-state index < -0.39 is 0 Å². The largest absolute Gasteiger partial charge is 0.278 e. The number of fused-ring (bicyclic) bond motifs is 1. The summed E-state index contributed by atoms with van der Waals surface area (Å²) in [6.45, 7) is 2.13. The van der Waals surface area contributed by atoms with Crippen LogP contribution in [0.25, 0.3) is 28.1 Å². The van der Waals surface area contributed by atoms with E-state index in [4.69, 9.17) is 0 Å². The summed E-state index contributed by atoms with van der Waals surface area (Å²) in [5, 5.41) is 1.23. The first-order chi connectivity index (χ1) is 10.8. The lowest BCUT2D eigenvalue weighted by atomic mass is 10.1. The summed E-state index contributed by atoms with van der Waals surface area (Å²) in [6.07, 6.45) is 3.55. The molecule has 22 heavy (non-hydrogen) atoms. The van der Waals surface area contributed by atoms with Gasteiger partial charge in [-0.1, -0.05) is 42.5 Å². The lowest BCUT2D eigenvalue weighted by Crippen LogP contribution is -2.01. The predicted molar refractivity (Wildman–Crippen MR) is 89.0 cm³/mol. The number of benzene rings is 2. The molecule has 2 aromatic carbocycles. The van der Waals surface area contributed by atoms with Crippen LogP contribution in [0.5, 0.6) is 0 Å². The van der Waals surface area contributed by atoms with Gasteiger partial charge in [0, 0.05) is 17.8 Å². The first kappa shape index (κ1) is 12.8. The lowest BCUT2D eigenvalue weighted by Gasteiger charge is -2.09. The van der Waals surface area contributed by atoms with Crippen LogP contribution < -0.4 is 0 Å². The highest BCUT2D eigenvalue weighted by Crippen LogP contribution is 2.31. The first-order valence-corrected chi connectivity index (χ1v) is 7.28. The Labute approximate surface area is 128 Å². The zero-order chi connectivity index (χ0) is 14.9. The minimum Gasteiger partial charge on any atom is -0.278 e. The molecule has 0 aliphatic rings. The maximum absolute atomic E-state index is 4.44. The summed E-state index contributed by atoms with van der Waals surface area (Å²) in [4.78, 5) is 8.88. The second-order valence-corrected chi connectivity index (χ2v) is 5.29. The van der Waals surface area contributed by atoms with E-state index in [1.165, 1.54) is 10.9 Å². The second-order valence-electron chi connectivity index (χ2n) is 5.29. The molecular weight excluding hydrogens is 270 g/mol. The van der Waals surface area contributed by atoms with Gasteiger partial charge in [-0.15, -0.1) is 0 Å². The van der Waals surface area contributed by atoms with Crippen LogP contribution >= 0.6 is 0 Å². The van der Waals surface area contributed by atoms with Crippen molar-refractivity contribution in [1.82, 2.24) is 14.5 Å². The third-order valence-corrected chi connectivity index (χ3v) is 3.89. The first-order valence-electron chi connectivity index (χ1n) is 7.28. The van der Waals surface area contributed by atoms with Crippen LogP contribution in [0.1, 0.15) is 5.56 Å². The molecule has 4 aromatic rings. The fourth-order valence-electron chi connectivity index (χ4n) is 2.82. The molecule has 2 heterocycles. The molecule has 3 heteroatoms. The Balaban J connectivity index is 2.10. The Morgan fingerprint density at radius 1 is 0.818 bits per heavy atom. The van der Waals surface area contributed by atoms with Crippen LogP contribution in [0.15, 0.2) is 73.1 Å². The van der Waals surface area contributed by atoms with Gasteiger partial charge >= 0.3 is 0 Å². The standard InChI is InChI=1S/C19H15N3/c1-14-7-5-10-17-16(14)13-18(15-8-3-2-4-9-15)22(17)19-20-11-6-12-21-19/h2-13H,1H3. The van der Waals surface area contributed by atoms with Crippen molar-refractivity contribution in [3.8, 4) is 17.2 Å². The molecular formula is C19H15N3. The van der Waals surface area contributed by atoms with Crippen molar-refractivity contribution in [2.24, 2.45) is 0 Å². The van der Waals surface area contributed by atoms with Gasteiger partial charge in [-0.2, -0.15) is 0 Å². The summed E-state index contributed by atoms with van der Waals surface area (Å²) in [5.74, 6) is 0.696. The smallest absolute Gasteiger partial charge is 0.234 e. The number of aryl methyl sites for hydroxylation is 1. The van der Waals surface area contributed by atoms with E-state index in [1.54, 1.807) is 12.4 Å². The Bertz CT molecular complexity index is 925. The fraction of sp³-hybridized carbons (Fsp3) is 0.0526. The second kappa shape index (κ2) is 5.11. The molecule has 0 unspecified atom stereocenters. The maximum Gasteiger partial charge on any atom is 0.234 e. The molecule has 0 saturated heterocycles. The minimum absolute atomic E-state index is 0.696. The van der Waals surface area contributed by atoms with Crippen molar-refractivity contribution >= 4 is 10.9 Å². The summed E-state index contributed by atoms with van der Waals surface area (Å²) in [5.41, 5.74) is 4.65. The van der Waals surface area contributed by atoms with Crippen molar-refractivity contribution in [1.29, 1.82) is 0 Å². The number of hydrogen-bond donors (Lipinski definition) is 0. The molecule has 0 fully saturated rings. The predicted octanol–water partition coefficient (Wildman–Crippen LogP) is 4.40. The number of aromatic nitrogens is 3. The van der Waals surface area contributed by atoms with Crippen molar-refractivity contribution < 1.29 is 0 Å². The van der Waals surface area contributed by atoms with Gasteiger partial charge in [0.25, 0.3) is 0 Å². The van der Waals surface area contributed by atoms with Crippen LogP contribution in [0.3, 0.4) is 0 Å². The van der Waals surface area contributed by atoms with Gasteiger partial charge in [0.05, 0.1) is 11.2 Å². The highest BCUT2D eigenvalue weighted by Gasteiger charge is 2.14. The molecule has 0 amide bonds. The highest BCUT2D eigenvalue weighted by atomic mass is 15.2. The van der Waals surface area contributed by atoms with Crippen molar-refractivity contribution in [2.75, 3.05) is 0 Å². The summed E-state index contributed by atoms with van der Waals surface area (Å²) < 4.78 is 2.12. The zero-order valence-electron chi connectivity index (χ0n) is 12.3. The minimum atomic E-state index is 0.696. The molecule has 106 valence electrons. The normalized spacial score (nSPS) is 11.0. The fourth-order valence-corrected chi connectivity index (χ4v) is 2.82. The van der Waals surface area contributed by atoms with Gasteiger partial charge in [-0.3, -0.25) is 4.57 Å². The van der Waals surface area contributed by atoms with E-state index in [0.717, 1.165) is 16.8 Å². The molecule has 0 aliphatic heterocycles. The van der Waals surface area contributed by atoms with Crippen LogP contribution in [-0.2, 0) is 0 Å². The monoisotopic (exact) mass is 285 g/mol. The Morgan fingerprint density at radius 3 is 2.36 bits per heavy atom. The number of hydrogen-bond acceptors (Lipinski definition) is 2. The van der Waals surface area contributed by atoms with E-state index in [-0.39, 0.29) is 0 Å². The summed E-state index contributed by atoms with van der Waals surface area (Å²) in [6, 6.07) is 20.7. The molecule has 0 spiro atoms. The van der Waals surface area contributed by atoms with E-state index in [2.05, 4.69) is 70.0 Å². The van der Waals surface area contributed by atoms with E-state index >= 15 is 0 Å². The molecule has 0 N–H and O–H groups in total. The zero-order valence-corrected chi connectivity index (χ0v) is 12.3. The molecule has 4 rings (SSSR count). The van der Waals surface area contributed by atoms with Gasteiger partial charge in [-0.25, -0.2) is 9.97 Å². The highest BCUT2D eigenvalue weighted by molar-refractivity contribution is 5.91. The van der Waals surface area contributed by atoms with Crippen LogP contribution in [-0.4, -0.2) is 14.5 Å². The molecule has 3 nitrogen and oxygen atoms in total. The Hall–Kier alpha value is -2.94. The van der Waals surface area contributed by atoms with Crippen molar-refractivity contribution in [3.05, 3.63) is 78.6 Å². The quantitative estimate of drug-likeness (QED) is 0.546. The molecule has 0 saturated carbocycles. The van der Waals surface area contributed by atoms with Gasteiger partial charge < -0.3 is 0 Å². The third kappa shape index (κ3) is 1.99. The van der Waals surface area contributed by atoms with Crippen molar-refractivity contribution in [2.45, 2.75) is 6.92 Å². The molecule has 0 radical (unpaired) electrons. The summed E-state index contributed by atoms with van der Waals surface area (Å²) >= 11 is 0. The average Bonchev–Trinajstić information content (AvgIpc) is 2.97. The third-order valence-electron chi connectivity index (χ3n) is 3.89. The average molecular weight is 285 g/mol. The van der Waals surface area contributed by atoms with Gasteiger partial charge in [-0.05, 0) is 36.2 Å². The Morgan fingerprint density at radius 2 is 1.59 bits per heavy atom. The number of nitrogens with zero attached hydrogens (tertiary/aromatic N) is 3. The van der Waals surface area contributed by atoms with Gasteiger partial charge in [0.15, 0.2) is 0 Å².